The van der Waals surface area contributed by atoms with Crippen LogP contribution in [0.4, 0.5) is 8.78 Å². The number of likely N-dealkylation sites (tertiary alicyclic amines) is 1. The maximum atomic E-state index is 16.5. The van der Waals surface area contributed by atoms with Gasteiger partial charge in [0.1, 0.15) is 5.69 Å². The highest BCUT2D eigenvalue weighted by molar-refractivity contribution is 6.36. The molecular formula is C33H33ClF2N6O2. The number of amides is 1. The molecule has 4 heterocycles. The molecule has 44 heavy (non-hydrogen) atoms. The van der Waals surface area contributed by atoms with Gasteiger partial charge in [0.15, 0.2) is 11.6 Å². The van der Waals surface area contributed by atoms with Crippen molar-refractivity contribution < 1.29 is 18.4 Å². The monoisotopic (exact) mass is 618 g/mol. The van der Waals surface area contributed by atoms with Crippen molar-refractivity contribution in [3.05, 3.63) is 82.7 Å². The summed E-state index contributed by atoms with van der Waals surface area (Å²) in [4.78, 5) is 27.4. The first kappa shape index (κ1) is 30.2. The summed E-state index contributed by atoms with van der Waals surface area (Å²) >= 11 is 6.55. The second kappa shape index (κ2) is 13.0. The highest BCUT2D eigenvalue weighted by Gasteiger charge is 2.30. The molecule has 1 amide bonds. The summed E-state index contributed by atoms with van der Waals surface area (Å²) in [6, 6.07) is 13.1. The van der Waals surface area contributed by atoms with E-state index >= 15 is 8.78 Å². The van der Waals surface area contributed by atoms with Crippen LogP contribution in [0, 0.1) is 17.1 Å². The van der Waals surface area contributed by atoms with Crippen LogP contribution in [0.1, 0.15) is 30.4 Å². The van der Waals surface area contributed by atoms with Gasteiger partial charge in [-0.3, -0.25) is 19.7 Å². The smallest absolute Gasteiger partial charge is 0.282 e. The Kier molecular flexibility index (Phi) is 8.91. The molecule has 0 spiro atoms. The van der Waals surface area contributed by atoms with E-state index in [0.717, 1.165) is 30.8 Å². The van der Waals surface area contributed by atoms with Gasteiger partial charge in [-0.15, -0.1) is 0 Å². The van der Waals surface area contributed by atoms with Crippen LogP contribution in [0.5, 0.6) is 0 Å². The Labute approximate surface area is 260 Å². The molecule has 3 aliphatic heterocycles. The van der Waals surface area contributed by atoms with Gasteiger partial charge >= 0.3 is 0 Å². The maximum Gasteiger partial charge on any atom is 0.282 e. The van der Waals surface area contributed by atoms with Crippen molar-refractivity contribution in [2.75, 3.05) is 39.8 Å². The number of nitrogens with zero attached hydrogens (tertiary/aromatic N) is 5. The molecule has 0 unspecified atom stereocenters. The number of pyridine rings is 1. The zero-order valence-corrected chi connectivity index (χ0v) is 25.2. The van der Waals surface area contributed by atoms with Crippen molar-refractivity contribution in [3.63, 3.8) is 0 Å². The lowest BCUT2D eigenvalue weighted by Crippen LogP contribution is -2.52. The van der Waals surface area contributed by atoms with Gasteiger partial charge in [0.25, 0.3) is 5.91 Å². The van der Waals surface area contributed by atoms with Gasteiger partial charge in [0.2, 0.25) is 0 Å². The minimum atomic E-state index is -0.984. The summed E-state index contributed by atoms with van der Waals surface area (Å²) < 4.78 is 32.1. The zero-order chi connectivity index (χ0) is 30.8. The fourth-order valence-electron chi connectivity index (χ4n) is 6.21. The summed E-state index contributed by atoms with van der Waals surface area (Å²) in [5.74, 6) is -2.32. The first-order valence-electron chi connectivity index (χ1n) is 14.8. The fraction of sp³-hybridized carbons (Fsp3) is 0.364. The number of likely N-dealkylation sites (N-methyl/N-ethyl adjacent to an activating group) is 1. The second-order valence-corrected chi connectivity index (χ2v) is 11.9. The van der Waals surface area contributed by atoms with Crippen LogP contribution in [0.3, 0.4) is 0 Å². The third-order valence-electron chi connectivity index (χ3n) is 8.61. The van der Waals surface area contributed by atoms with E-state index in [-0.39, 0.29) is 48.4 Å². The van der Waals surface area contributed by atoms with Crippen molar-refractivity contribution in [2.24, 2.45) is 0 Å². The van der Waals surface area contributed by atoms with Crippen molar-refractivity contribution in [2.45, 2.75) is 37.9 Å². The van der Waals surface area contributed by atoms with Crippen molar-refractivity contribution in [3.8, 4) is 17.3 Å². The van der Waals surface area contributed by atoms with E-state index in [4.69, 9.17) is 21.7 Å². The molecular weight excluding hydrogens is 586 g/mol. The molecule has 0 bridgehead atoms. The Morgan fingerprint density at radius 2 is 2.07 bits per heavy atom. The number of benzene rings is 2. The molecule has 3 aromatic rings. The molecule has 1 aromatic heterocycles. The van der Waals surface area contributed by atoms with Crippen LogP contribution in [-0.4, -0.2) is 77.7 Å². The van der Waals surface area contributed by atoms with Gasteiger partial charge < -0.3 is 15.1 Å². The predicted octanol–water partition coefficient (Wildman–Crippen LogP) is 5.44. The molecule has 0 aliphatic carbocycles. The van der Waals surface area contributed by atoms with Crippen molar-refractivity contribution in [1.29, 1.82) is 5.26 Å². The van der Waals surface area contributed by atoms with Crippen LogP contribution >= 0.6 is 11.6 Å². The molecule has 2 saturated heterocycles. The number of nitrogens with one attached hydrogen (secondary N) is 1. The molecule has 2 atom stereocenters. The number of carbonyl (C=O) groups excluding carboxylic acids is 1. The van der Waals surface area contributed by atoms with Crippen LogP contribution in [0.2, 0.25) is 5.02 Å². The Morgan fingerprint density at radius 1 is 1.25 bits per heavy atom. The molecule has 3 aliphatic rings. The maximum absolute atomic E-state index is 16.5. The first-order chi connectivity index (χ1) is 21.3. The van der Waals surface area contributed by atoms with E-state index in [9.17, 15) is 4.79 Å². The lowest BCUT2D eigenvalue weighted by atomic mass is 9.94. The molecule has 11 heteroatoms. The Morgan fingerprint density at radius 3 is 2.84 bits per heavy atom. The minimum absolute atomic E-state index is 0.0756. The van der Waals surface area contributed by atoms with Gasteiger partial charge in [-0.25, -0.2) is 8.78 Å². The van der Waals surface area contributed by atoms with E-state index in [1.54, 1.807) is 18.3 Å². The number of fused-ring (bicyclic) bond motifs is 2. The van der Waals surface area contributed by atoms with Crippen LogP contribution < -0.4 is 5.32 Å². The number of hydrogen-bond donors (Lipinski definition) is 1. The molecule has 2 aromatic carbocycles. The quantitative estimate of drug-likeness (QED) is 0.353. The predicted molar refractivity (Wildman–Crippen MR) is 165 cm³/mol. The standard InChI is InChI=1S/C33H33ClF2N6O2/c1-40-13-4-7-24(40)20-44-42-17-22(15-29(35)33(43)41-14-12-38-23(18-41)10-11-37)26-16-39-32(31(36)27(26)19-42)25-8-2-5-21-6-3-9-28(34)30(21)25/h2-3,5-6,8-9,15-17,23-24,38H,4,7,10,12-14,18-20H2,1H3/t23-,24-/m0/s1. The lowest BCUT2D eigenvalue weighted by molar-refractivity contribution is -0.140. The Bertz CT molecular complexity index is 1680. The zero-order valence-electron chi connectivity index (χ0n) is 24.4. The Balaban J connectivity index is 1.36. The molecule has 0 saturated carbocycles. The van der Waals surface area contributed by atoms with Gasteiger partial charge in [-0.05, 0) is 44.0 Å². The number of allylic oxidation sites excluding steroid dienone is 2. The number of piperazine rings is 1. The number of nitriles is 1. The number of carbonyl (C=O) groups is 1. The summed E-state index contributed by atoms with van der Waals surface area (Å²) in [6.45, 7) is 2.44. The molecule has 0 radical (unpaired) electrons. The molecule has 1 N–H and O–H groups in total. The van der Waals surface area contributed by atoms with Crippen molar-refractivity contribution >= 4 is 33.9 Å². The lowest BCUT2D eigenvalue weighted by Gasteiger charge is -2.32. The topological polar surface area (TPSA) is 84.7 Å². The fourth-order valence-corrected chi connectivity index (χ4v) is 6.49. The summed E-state index contributed by atoms with van der Waals surface area (Å²) in [6.07, 6.45) is 6.50. The SMILES string of the molecule is CN1CCC[C@H]1CON1C=C(C=C(F)C(=O)N2CCN[C@@H](CC#N)C2)c2cnc(-c3cccc4cccc(Cl)c34)c(F)c2C1. The van der Waals surface area contributed by atoms with Gasteiger partial charge in [-0.1, -0.05) is 41.9 Å². The molecule has 228 valence electrons. The van der Waals surface area contributed by atoms with Crippen LogP contribution in [-0.2, 0) is 16.2 Å². The van der Waals surface area contributed by atoms with Crippen LogP contribution in [0.15, 0.2) is 60.7 Å². The highest BCUT2D eigenvalue weighted by Crippen LogP contribution is 2.38. The van der Waals surface area contributed by atoms with E-state index in [1.165, 1.54) is 16.2 Å². The number of hydrogen-bond acceptors (Lipinski definition) is 7. The number of rotatable bonds is 7. The molecule has 2 fully saturated rings. The van der Waals surface area contributed by atoms with Gasteiger partial charge in [-0.2, -0.15) is 5.26 Å². The van der Waals surface area contributed by atoms with E-state index in [2.05, 4.69) is 21.3 Å². The first-order valence-corrected chi connectivity index (χ1v) is 15.2. The average molecular weight is 619 g/mol. The van der Waals surface area contributed by atoms with Crippen molar-refractivity contribution in [1.82, 2.24) is 25.2 Å². The largest absolute Gasteiger partial charge is 0.334 e. The van der Waals surface area contributed by atoms with E-state index < -0.39 is 17.6 Å². The summed E-state index contributed by atoms with van der Waals surface area (Å²) in [5, 5.41) is 15.8. The third-order valence-corrected chi connectivity index (χ3v) is 8.92. The van der Waals surface area contributed by atoms with E-state index in [0.29, 0.717) is 41.2 Å². The van der Waals surface area contributed by atoms with E-state index in [1.807, 2.05) is 31.3 Å². The van der Waals surface area contributed by atoms with Gasteiger partial charge in [0.05, 0.1) is 25.6 Å². The Hall–Kier alpha value is -3.88. The molecule has 6 rings (SSSR count). The average Bonchev–Trinajstić information content (AvgIpc) is 3.44. The molecule has 8 nitrogen and oxygen atoms in total. The third kappa shape index (κ3) is 6.06. The summed E-state index contributed by atoms with van der Waals surface area (Å²) in [5.41, 5.74) is 1.61. The minimum Gasteiger partial charge on any atom is -0.334 e. The normalized spacial score (nSPS) is 20.9. The number of aromatic nitrogens is 1. The number of halogens is 3. The second-order valence-electron chi connectivity index (χ2n) is 11.4. The van der Waals surface area contributed by atoms with Crippen LogP contribution in [0.25, 0.3) is 27.6 Å². The van der Waals surface area contributed by atoms with Gasteiger partial charge in [0, 0.05) is 76.8 Å². The number of hydroxylamine groups is 2. The summed E-state index contributed by atoms with van der Waals surface area (Å²) in [7, 11) is 2.04. The highest BCUT2D eigenvalue weighted by atomic mass is 35.5.